The van der Waals surface area contributed by atoms with E-state index >= 15 is 0 Å². The van der Waals surface area contributed by atoms with Crippen LogP contribution in [0.4, 0.5) is 11.4 Å². The van der Waals surface area contributed by atoms with E-state index < -0.39 is 8.07 Å². The maximum atomic E-state index is 2.44. The van der Waals surface area contributed by atoms with Gasteiger partial charge in [-0.1, -0.05) is 76.0 Å². The van der Waals surface area contributed by atoms with Crippen LogP contribution < -0.4 is 10.1 Å². The minimum absolute atomic E-state index is 0.561. The summed E-state index contributed by atoms with van der Waals surface area (Å²) in [6, 6.07) is 22.6. The van der Waals surface area contributed by atoms with Crippen molar-refractivity contribution in [3.05, 3.63) is 66.2 Å². The van der Waals surface area contributed by atoms with Gasteiger partial charge < -0.3 is 4.90 Å². The van der Waals surface area contributed by atoms with Crippen molar-refractivity contribution in [2.24, 2.45) is 0 Å². The maximum Gasteiger partial charge on any atom is 0.0794 e. The molecule has 1 aromatic heterocycles. The molecule has 3 aromatic carbocycles. The molecule has 144 valence electrons. The van der Waals surface area contributed by atoms with Gasteiger partial charge in [0.1, 0.15) is 0 Å². The van der Waals surface area contributed by atoms with Crippen LogP contribution in [0.1, 0.15) is 25.3 Å². The van der Waals surface area contributed by atoms with Crippen LogP contribution >= 0.6 is 11.3 Å². The minimum Gasteiger partial charge on any atom is -0.343 e. The van der Waals surface area contributed by atoms with Gasteiger partial charge in [-0.3, -0.25) is 0 Å². The molecular weight excluding hydrogens is 374 g/mol. The first kappa shape index (κ1) is 19.2. The Kier molecular flexibility index (Phi) is 4.84. The SMILES string of the molecule is CC(C)c1ccc(N(C)c2cccc3c2sc2c([Si](C)(C)C)cccc23)cc1. The molecule has 0 aliphatic carbocycles. The highest BCUT2D eigenvalue weighted by molar-refractivity contribution is 7.28. The molecule has 0 radical (unpaired) electrons. The number of hydrogen-bond acceptors (Lipinski definition) is 2. The Bertz CT molecular complexity index is 1130. The Labute approximate surface area is 173 Å². The first-order chi connectivity index (χ1) is 13.3. The van der Waals surface area contributed by atoms with Gasteiger partial charge in [0, 0.05) is 28.2 Å². The molecule has 0 saturated heterocycles. The van der Waals surface area contributed by atoms with Gasteiger partial charge in [0.15, 0.2) is 0 Å². The van der Waals surface area contributed by atoms with E-state index in [2.05, 4.69) is 106 Å². The molecule has 4 rings (SSSR count). The average Bonchev–Trinajstić information content (AvgIpc) is 3.05. The second-order valence-corrected chi connectivity index (χ2v) is 15.1. The van der Waals surface area contributed by atoms with E-state index in [9.17, 15) is 0 Å². The van der Waals surface area contributed by atoms with E-state index in [1.165, 1.54) is 37.1 Å². The quantitative estimate of drug-likeness (QED) is 0.319. The van der Waals surface area contributed by atoms with Crippen LogP contribution in [-0.2, 0) is 0 Å². The third-order valence-electron chi connectivity index (χ3n) is 5.62. The molecule has 0 amide bonds. The molecule has 4 aromatic rings. The molecule has 0 aliphatic heterocycles. The average molecular weight is 404 g/mol. The van der Waals surface area contributed by atoms with Gasteiger partial charge in [-0.25, -0.2) is 0 Å². The van der Waals surface area contributed by atoms with E-state index in [0.29, 0.717) is 5.92 Å². The van der Waals surface area contributed by atoms with Crippen molar-refractivity contribution in [2.75, 3.05) is 11.9 Å². The zero-order valence-corrected chi connectivity index (χ0v) is 19.5. The van der Waals surface area contributed by atoms with Crippen molar-refractivity contribution in [3.63, 3.8) is 0 Å². The van der Waals surface area contributed by atoms with Crippen molar-refractivity contribution in [1.29, 1.82) is 0 Å². The number of thiophene rings is 1. The number of nitrogens with zero attached hydrogens (tertiary/aromatic N) is 1. The first-order valence-electron chi connectivity index (χ1n) is 10.1. The third kappa shape index (κ3) is 3.27. The van der Waals surface area contributed by atoms with Crippen molar-refractivity contribution < 1.29 is 0 Å². The Morgan fingerprint density at radius 2 is 1.39 bits per heavy atom. The Hall–Kier alpha value is -2.10. The number of anilines is 2. The van der Waals surface area contributed by atoms with E-state index in [1.807, 2.05) is 11.3 Å². The van der Waals surface area contributed by atoms with E-state index in [-0.39, 0.29) is 0 Å². The van der Waals surface area contributed by atoms with Crippen molar-refractivity contribution in [2.45, 2.75) is 39.4 Å². The van der Waals surface area contributed by atoms with Crippen LogP contribution in [0.3, 0.4) is 0 Å². The normalized spacial score (nSPS) is 12.2. The van der Waals surface area contributed by atoms with Gasteiger partial charge in [0.2, 0.25) is 0 Å². The smallest absolute Gasteiger partial charge is 0.0794 e. The second kappa shape index (κ2) is 7.05. The van der Waals surface area contributed by atoms with Crippen LogP contribution in [0.25, 0.3) is 20.2 Å². The van der Waals surface area contributed by atoms with E-state index in [0.717, 1.165) is 0 Å². The van der Waals surface area contributed by atoms with Crippen molar-refractivity contribution in [1.82, 2.24) is 0 Å². The van der Waals surface area contributed by atoms with Crippen molar-refractivity contribution in [3.8, 4) is 0 Å². The lowest BCUT2D eigenvalue weighted by Crippen LogP contribution is -2.37. The lowest BCUT2D eigenvalue weighted by molar-refractivity contribution is 0.866. The summed E-state index contributed by atoms with van der Waals surface area (Å²) in [5, 5.41) is 4.36. The summed E-state index contributed by atoms with van der Waals surface area (Å²) in [6.45, 7) is 11.8. The molecule has 1 nitrogen and oxygen atoms in total. The maximum absolute atomic E-state index is 2.44. The van der Waals surface area contributed by atoms with Crippen LogP contribution in [0.15, 0.2) is 60.7 Å². The van der Waals surface area contributed by atoms with Gasteiger partial charge in [0.05, 0.1) is 18.5 Å². The second-order valence-electron chi connectivity index (χ2n) is 8.99. The molecule has 0 N–H and O–H groups in total. The lowest BCUT2D eigenvalue weighted by Gasteiger charge is -2.21. The Morgan fingerprint density at radius 1 is 0.786 bits per heavy atom. The highest BCUT2D eigenvalue weighted by Gasteiger charge is 2.22. The predicted molar refractivity (Wildman–Crippen MR) is 131 cm³/mol. The number of benzene rings is 3. The van der Waals surface area contributed by atoms with Crippen LogP contribution in [0, 0.1) is 0 Å². The van der Waals surface area contributed by atoms with Gasteiger partial charge in [0.25, 0.3) is 0 Å². The van der Waals surface area contributed by atoms with Crippen LogP contribution in [0.5, 0.6) is 0 Å². The summed E-state index contributed by atoms with van der Waals surface area (Å²) in [4.78, 5) is 2.33. The zero-order valence-electron chi connectivity index (χ0n) is 17.7. The fourth-order valence-electron chi connectivity index (χ4n) is 3.88. The third-order valence-corrected chi connectivity index (χ3v) is 9.11. The Balaban J connectivity index is 1.88. The van der Waals surface area contributed by atoms with Crippen LogP contribution in [-0.4, -0.2) is 15.1 Å². The number of fused-ring (bicyclic) bond motifs is 3. The summed E-state index contributed by atoms with van der Waals surface area (Å²) in [7, 11) is 0.794. The fraction of sp³-hybridized carbons (Fsp3) is 0.280. The topological polar surface area (TPSA) is 3.24 Å². The van der Waals surface area contributed by atoms with Gasteiger partial charge in [-0.2, -0.15) is 0 Å². The molecule has 28 heavy (non-hydrogen) atoms. The molecular formula is C25H29NSSi. The molecule has 0 spiro atoms. The van der Waals surface area contributed by atoms with E-state index in [4.69, 9.17) is 0 Å². The standard InChI is InChI=1S/C25H29NSSi/c1-17(2)18-13-15-19(16-14-18)26(3)22-11-7-9-20-21-10-8-12-23(28(4,5)6)25(21)27-24(20)22/h7-17H,1-6H3. The van der Waals surface area contributed by atoms with Gasteiger partial charge in [-0.15, -0.1) is 11.3 Å². The summed E-state index contributed by atoms with van der Waals surface area (Å²) in [6.07, 6.45) is 0. The first-order valence-corrected chi connectivity index (χ1v) is 14.4. The monoisotopic (exact) mass is 403 g/mol. The highest BCUT2D eigenvalue weighted by atomic mass is 32.1. The molecule has 0 saturated carbocycles. The lowest BCUT2D eigenvalue weighted by atomic mass is 10.0. The summed E-state index contributed by atoms with van der Waals surface area (Å²) in [5.41, 5.74) is 3.91. The van der Waals surface area contributed by atoms with Gasteiger partial charge in [-0.05, 0) is 34.9 Å². The molecule has 0 bridgehead atoms. The zero-order chi connectivity index (χ0) is 20.1. The molecule has 0 atom stereocenters. The summed E-state index contributed by atoms with van der Waals surface area (Å²) >= 11 is 1.97. The van der Waals surface area contributed by atoms with Crippen molar-refractivity contribution >= 4 is 56.1 Å². The molecule has 1 heterocycles. The Morgan fingerprint density at radius 3 is 2.00 bits per heavy atom. The number of hydrogen-bond donors (Lipinski definition) is 0. The van der Waals surface area contributed by atoms with Crippen LogP contribution in [0.2, 0.25) is 19.6 Å². The molecule has 0 fully saturated rings. The highest BCUT2D eigenvalue weighted by Crippen LogP contribution is 2.41. The largest absolute Gasteiger partial charge is 0.343 e. The molecule has 0 aliphatic rings. The molecule has 3 heteroatoms. The summed E-state index contributed by atoms with van der Waals surface area (Å²) < 4.78 is 2.87. The minimum atomic E-state index is -1.39. The van der Waals surface area contributed by atoms with E-state index in [1.54, 1.807) is 5.19 Å². The predicted octanol–water partition coefficient (Wildman–Crippen LogP) is 7.49. The summed E-state index contributed by atoms with van der Waals surface area (Å²) in [5.74, 6) is 0.561. The molecule has 0 unspecified atom stereocenters. The van der Waals surface area contributed by atoms with Gasteiger partial charge >= 0.3 is 0 Å². The number of rotatable bonds is 4. The fourth-order valence-corrected chi connectivity index (χ4v) is 7.63.